The molecule has 0 aliphatic heterocycles. The van der Waals surface area contributed by atoms with Gasteiger partial charge >= 0.3 is 0 Å². The van der Waals surface area contributed by atoms with Crippen molar-refractivity contribution in [3.05, 3.63) is 30.5 Å². The summed E-state index contributed by atoms with van der Waals surface area (Å²) in [5.41, 5.74) is 3.64. The SMILES string of the molecule is COc1ccc(-c2cnc3c(OCCC(C)C)snc3c2)cc1OC. The molecular formula is C19H22N2O3S. The molecule has 0 unspecified atom stereocenters. The van der Waals surface area contributed by atoms with Gasteiger partial charge in [0.25, 0.3) is 0 Å². The van der Waals surface area contributed by atoms with Gasteiger partial charge in [0.2, 0.25) is 5.06 Å². The van der Waals surface area contributed by atoms with Gasteiger partial charge in [0, 0.05) is 23.3 Å². The summed E-state index contributed by atoms with van der Waals surface area (Å²) in [6.45, 7) is 5.05. The highest BCUT2D eigenvalue weighted by Crippen LogP contribution is 2.35. The molecule has 132 valence electrons. The number of ether oxygens (including phenoxy) is 3. The van der Waals surface area contributed by atoms with Gasteiger partial charge in [-0.2, -0.15) is 4.37 Å². The maximum atomic E-state index is 5.84. The largest absolute Gasteiger partial charge is 0.493 e. The summed E-state index contributed by atoms with van der Waals surface area (Å²) in [5, 5.41) is 0.787. The smallest absolute Gasteiger partial charge is 0.220 e. The minimum Gasteiger partial charge on any atom is -0.493 e. The first-order chi connectivity index (χ1) is 12.1. The molecule has 6 heteroatoms. The third-order valence-corrected chi connectivity index (χ3v) is 4.70. The molecule has 0 spiro atoms. The number of hydrogen-bond donors (Lipinski definition) is 0. The number of pyridine rings is 1. The van der Waals surface area contributed by atoms with Crippen LogP contribution < -0.4 is 14.2 Å². The number of aromatic nitrogens is 2. The highest BCUT2D eigenvalue weighted by Gasteiger charge is 2.12. The van der Waals surface area contributed by atoms with Crippen molar-refractivity contribution in [1.29, 1.82) is 0 Å². The summed E-state index contributed by atoms with van der Waals surface area (Å²) in [4.78, 5) is 4.56. The molecule has 5 nitrogen and oxygen atoms in total. The van der Waals surface area contributed by atoms with E-state index in [9.17, 15) is 0 Å². The Labute approximate surface area is 151 Å². The summed E-state index contributed by atoms with van der Waals surface area (Å²) >= 11 is 1.35. The van der Waals surface area contributed by atoms with Crippen molar-refractivity contribution < 1.29 is 14.2 Å². The molecule has 0 radical (unpaired) electrons. The van der Waals surface area contributed by atoms with Crippen LogP contribution in [0.2, 0.25) is 0 Å². The predicted octanol–water partition coefficient (Wildman–Crippen LogP) is 4.80. The summed E-state index contributed by atoms with van der Waals surface area (Å²) in [6.07, 6.45) is 2.86. The Kier molecular flexibility index (Phi) is 5.38. The Morgan fingerprint density at radius 3 is 2.56 bits per heavy atom. The topological polar surface area (TPSA) is 53.5 Å². The van der Waals surface area contributed by atoms with Gasteiger partial charge in [-0.1, -0.05) is 19.9 Å². The molecule has 0 fully saturated rings. The average Bonchev–Trinajstić information content (AvgIpc) is 3.03. The second-order valence-electron chi connectivity index (χ2n) is 6.16. The molecule has 2 aromatic heterocycles. The van der Waals surface area contributed by atoms with E-state index in [0.717, 1.165) is 33.6 Å². The minimum atomic E-state index is 0.615. The van der Waals surface area contributed by atoms with Crippen LogP contribution >= 0.6 is 11.5 Å². The second-order valence-corrected chi connectivity index (χ2v) is 6.90. The lowest BCUT2D eigenvalue weighted by molar-refractivity contribution is 0.299. The van der Waals surface area contributed by atoms with E-state index in [0.29, 0.717) is 24.0 Å². The highest BCUT2D eigenvalue weighted by molar-refractivity contribution is 7.09. The van der Waals surface area contributed by atoms with Crippen LogP contribution in [-0.4, -0.2) is 30.2 Å². The van der Waals surface area contributed by atoms with E-state index >= 15 is 0 Å². The molecule has 0 aliphatic rings. The zero-order valence-corrected chi connectivity index (χ0v) is 15.7. The number of rotatable bonds is 7. The van der Waals surface area contributed by atoms with E-state index in [1.807, 2.05) is 30.5 Å². The first-order valence-corrected chi connectivity index (χ1v) is 9.00. The molecule has 25 heavy (non-hydrogen) atoms. The van der Waals surface area contributed by atoms with Gasteiger partial charge in [-0.15, -0.1) is 0 Å². The first kappa shape index (κ1) is 17.5. The Bertz CT molecular complexity index is 861. The number of benzene rings is 1. The fourth-order valence-electron chi connectivity index (χ4n) is 2.47. The molecule has 2 heterocycles. The van der Waals surface area contributed by atoms with Crippen LogP contribution in [0.25, 0.3) is 22.2 Å². The molecular weight excluding hydrogens is 336 g/mol. The lowest BCUT2D eigenvalue weighted by atomic mass is 10.1. The van der Waals surface area contributed by atoms with Gasteiger partial charge < -0.3 is 14.2 Å². The number of methoxy groups -OCH3 is 2. The quantitative estimate of drug-likeness (QED) is 0.607. The van der Waals surface area contributed by atoms with Crippen molar-refractivity contribution in [2.75, 3.05) is 20.8 Å². The molecule has 0 aliphatic carbocycles. The second kappa shape index (κ2) is 7.70. The summed E-state index contributed by atoms with van der Waals surface area (Å²) in [5.74, 6) is 2.01. The Balaban J connectivity index is 1.87. The van der Waals surface area contributed by atoms with E-state index in [-0.39, 0.29) is 0 Å². The van der Waals surface area contributed by atoms with Crippen molar-refractivity contribution in [1.82, 2.24) is 9.36 Å². The normalized spacial score (nSPS) is 11.1. The van der Waals surface area contributed by atoms with Crippen molar-refractivity contribution in [2.45, 2.75) is 20.3 Å². The van der Waals surface area contributed by atoms with Crippen molar-refractivity contribution in [2.24, 2.45) is 5.92 Å². The van der Waals surface area contributed by atoms with Gasteiger partial charge in [-0.05, 0) is 36.1 Å². The molecule has 0 amide bonds. The predicted molar refractivity (Wildman–Crippen MR) is 101 cm³/mol. The Morgan fingerprint density at radius 1 is 1.04 bits per heavy atom. The van der Waals surface area contributed by atoms with Crippen LogP contribution in [-0.2, 0) is 0 Å². The maximum absolute atomic E-state index is 5.84. The maximum Gasteiger partial charge on any atom is 0.220 e. The number of fused-ring (bicyclic) bond motifs is 1. The van der Waals surface area contributed by atoms with Crippen LogP contribution in [0, 0.1) is 5.92 Å². The molecule has 3 aromatic rings. The monoisotopic (exact) mass is 358 g/mol. The van der Waals surface area contributed by atoms with Crippen LogP contribution in [0.1, 0.15) is 20.3 Å². The van der Waals surface area contributed by atoms with Gasteiger partial charge in [-0.25, -0.2) is 4.98 Å². The Hall–Kier alpha value is -2.34. The van der Waals surface area contributed by atoms with Crippen molar-refractivity contribution in [3.8, 4) is 27.7 Å². The molecule has 3 rings (SSSR count). The molecule has 0 saturated heterocycles. The summed E-state index contributed by atoms with van der Waals surface area (Å²) < 4.78 is 21.0. The lowest BCUT2D eigenvalue weighted by Crippen LogP contribution is -2.00. The van der Waals surface area contributed by atoms with Crippen molar-refractivity contribution in [3.63, 3.8) is 0 Å². The summed E-state index contributed by atoms with van der Waals surface area (Å²) in [7, 11) is 3.26. The third-order valence-electron chi connectivity index (χ3n) is 3.93. The van der Waals surface area contributed by atoms with Crippen LogP contribution in [0.4, 0.5) is 0 Å². The van der Waals surface area contributed by atoms with Crippen LogP contribution in [0.3, 0.4) is 0 Å². The van der Waals surface area contributed by atoms with E-state index in [1.165, 1.54) is 11.5 Å². The lowest BCUT2D eigenvalue weighted by Gasteiger charge is -2.09. The first-order valence-electron chi connectivity index (χ1n) is 8.23. The fraction of sp³-hybridized carbons (Fsp3) is 0.368. The molecule has 0 bridgehead atoms. The molecule has 0 saturated carbocycles. The van der Waals surface area contributed by atoms with Gasteiger partial charge in [0.15, 0.2) is 11.5 Å². The molecule has 0 atom stereocenters. The van der Waals surface area contributed by atoms with Gasteiger partial charge in [0.1, 0.15) is 11.0 Å². The van der Waals surface area contributed by atoms with E-state index in [4.69, 9.17) is 14.2 Å². The highest BCUT2D eigenvalue weighted by atomic mass is 32.1. The van der Waals surface area contributed by atoms with Crippen LogP contribution in [0.5, 0.6) is 16.6 Å². The number of nitrogens with zero attached hydrogens (tertiary/aromatic N) is 2. The minimum absolute atomic E-state index is 0.615. The van der Waals surface area contributed by atoms with Crippen molar-refractivity contribution >= 4 is 22.6 Å². The Morgan fingerprint density at radius 2 is 1.84 bits per heavy atom. The average molecular weight is 358 g/mol. The summed E-state index contributed by atoms with van der Waals surface area (Å²) in [6, 6.07) is 7.83. The third kappa shape index (κ3) is 3.85. The van der Waals surface area contributed by atoms with Crippen LogP contribution in [0.15, 0.2) is 30.5 Å². The zero-order valence-electron chi connectivity index (χ0n) is 14.9. The molecule has 1 aromatic carbocycles. The van der Waals surface area contributed by atoms with E-state index in [1.54, 1.807) is 14.2 Å². The fourth-order valence-corrected chi connectivity index (χ4v) is 3.17. The van der Waals surface area contributed by atoms with E-state index in [2.05, 4.69) is 23.2 Å². The van der Waals surface area contributed by atoms with Gasteiger partial charge in [-0.3, -0.25) is 0 Å². The zero-order chi connectivity index (χ0) is 17.8. The van der Waals surface area contributed by atoms with Gasteiger partial charge in [0.05, 0.1) is 20.8 Å². The standard InChI is InChI=1S/C19H22N2O3S/c1-12(2)7-8-24-19-18-15(21-25-19)9-14(11-20-18)13-5-6-16(22-3)17(10-13)23-4/h5-6,9-12H,7-8H2,1-4H3. The van der Waals surface area contributed by atoms with E-state index < -0.39 is 0 Å². The number of hydrogen-bond acceptors (Lipinski definition) is 6. The molecule has 0 N–H and O–H groups in total.